The van der Waals surface area contributed by atoms with E-state index in [0.29, 0.717) is 23.1 Å². The number of anilines is 1. The topological polar surface area (TPSA) is 131 Å². The highest BCUT2D eigenvalue weighted by atomic mass is 19.4. The fourth-order valence-electron chi connectivity index (χ4n) is 2.02. The zero-order chi connectivity index (χ0) is 18.6. The maximum Gasteiger partial charge on any atom is 0.490 e. The summed E-state index contributed by atoms with van der Waals surface area (Å²) in [7, 11) is 0. The van der Waals surface area contributed by atoms with E-state index in [0.717, 1.165) is 0 Å². The van der Waals surface area contributed by atoms with Gasteiger partial charge < -0.3 is 16.2 Å². The molecule has 8 nitrogen and oxygen atoms in total. The van der Waals surface area contributed by atoms with Gasteiger partial charge >= 0.3 is 12.1 Å². The third-order valence-corrected chi connectivity index (χ3v) is 3.22. The number of carboxylic acid groups (broad SMARTS) is 1. The number of hydrogen-bond acceptors (Lipinski definition) is 6. The number of carboxylic acids is 1. The van der Waals surface area contributed by atoms with E-state index in [4.69, 9.17) is 15.6 Å². The zero-order valence-corrected chi connectivity index (χ0v) is 12.5. The summed E-state index contributed by atoms with van der Waals surface area (Å²) in [6.07, 6.45) is -0.731. The van der Waals surface area contributed by atoms with Crippen LogP contribution in [0.5, 0.6) is 0 Å². The number of fused-ring (bicyclic) bond motifs is 1. The molecule has 0 bridgehead atoms. The van der Waals surface area contributed by atoms with Crippen LogP contribution in [0.2, 0.25) is 0 Å². The molecule has 25 heavy (non-hydrogen) atoms. The number of nitrogens with two attached hydrogens (primary N) is 1. The normalized spacial score (nSPS) is 19.4. The number of carbonyl (C=O) groups excluding carboxylic acids is 1. The Morgan fingerprint density at radius 3 is 2.44 bits per heavy atom. The lowest BCUT2D eigenvalue weighted by Crippen LogP contribution is -2.23. The highest BCUT2D eigenvalue weighted by Crippen LogP contribution is 2.20. The largest absolute Gasteiger partial charge is 0.490 e. The van der Waals surface area contributed by atoms with Crippen molar-refractivity contribution in [3.63, 3.8) is 0 Å². The van der Waals surface area contributed by atoms with Crippen LogP contribution in [0.25, 0.3) is 11.0 Å². The monoisotopic (exact) mass is 358 g/mol. The van der Waals surface area contributed by atoms with Crippen LogP contribution in [0.1, 0.15) is 6.42 Å². The summed E-state index contributed by atoms with van der Waals surface area (Å²) in [6, 6.07) is 5.21. The van der Waals surface area contributed by atoms with Gasteiger partial charge in [0.25, 0.3) is 0 Å². The van der Waals surface area contributed by atoms with Gasteiger partial charge in [0.15, 0.2) is 0 Å². The number of nitrogens with one attached hydrogen (secondary N) is 1. The lowest BCUT2D eigenvalue weighted by molar-refractivity contribution is -0.192. The summed E-state index contributed by atoms with van der Waals surface area (Å²) in [6.45, 7) is 0. The molecular weight excluding hydrogens is 345 g/mol. The molecule has 0 unspecified atom stereocenters. The summed E-state index contributed by atoms with van der Waals surface area (Å²) in [5.41, 5.74) is 7.68. The summed E-state index contributed by atoms with van der Waals surface area (Å²) in [5, 5.41) is 17.4. The summed E-state index contributed by atoms with van der Waals surface area (Å²) in [4.78, 5) is 20.9. The standard InChI is InChI=1S/C12H12N4O2.C2HF3O2/c13-8-2-1-7(5-8)12(17)14-9-3-4-10-11(6-9)16-18-15-10;3-2(4,5)1(6)7/h1-4,6-8H,5,13H2,(H,14,17);(H,6,7)/t7-,8+;/m1./s1. The number of carbonyl (C=O) groups is 2. The van der Waals surface area contributed by atoms with Crippen molar-refractivity contribution in [2.75, 3.05) is 5.32 Å². The van der Waals surface area contributed by atoms with Gasteiger partial charge in [-0.15, -0.1) is 0 Å². The maximum atomic E-state index is 12.0. The SMILES string of the molecule is N[C@H]1C=C[C@@H](C(=O)Nc2ccc3nonc3c2)C1.O=C(O)C(F)(F)F. The van der Waals surface area contributed by atoms with Crippen LogP contribution in [0.3, 0.4) is 0 Å². The number of hydrogen-bond donors (Lipinski definition) is 3. The second-order valence-electron chi connectivity index (χ2n) is 5.15. The number of alkyl halides is 3. The van der Waals surface area contributed by atoms with Crippen LogP contribution < -0.4 is 11.1 Å². The smallest absolute Gasteiger partial charge is 0.475 e. The minimum atomic E-state index is -5.08. The molecule has 0 fully saturated rings. The third kappa shape index (κ3) is 5.01. The van der Waals surface area contributed by atoms with Crippen molar-refractivity contribution in [2.45, 2.75) is 18.6 Å². The molecule has 2 aromatic rings. The third-order valence-electron chi connectivity index (χ3n) is 3.22. The fourth-order valence-corrected chi connectivity index (χ4v) is 2.02. The van der Waals surface area contributed by atoms with Crippen molar-refractivity contribution in [3.8, 4) is 0 Å². The number of benzene rings is 1. The van der Waals surface area contributed by atoms with Crippen molar-refractivity contribution in [2.24, 2.45) is 11.7 Å². The van der Waals surface area contributed by atoms with Gasteiger partial charge in [0.2, 0.25) is 5.91 Å². The Kier molecular flexibility index (Phi) is 5.37. The molecular formula is C14H13F3N4O4. The Morgan fingerprint density at radius 1 is 1.24 bits per heavy atom. The molecule has 0 saturated heterocycles. The highest BCUT2D eigenvalue weighted by molar-refractivity contribution is 5.95. The van der Waals surface area contributed by atoms with E-state index >= 15 is 0 Å². The van der Waals surface area contributed by atoms with Crippen molar-refractivity contribution in [1.82, 2.24) is 10.3 Å². The minimum Gasteiger partial charge on any atom is -0.475 e. The first-order chi connectivity index (χ1) is 11.7. The Balaban J connectivity index is 0.000000277. The number of amides is 1. The molecule has 2 atom stereocenters. The quantitative estimate of drug-likeness (QED) is 0.696. The van der Waals surface area contributed by atoms with Crippen LogP contribution in [0, 0.1) is 5.92 Å². The number of aromatic nitrogens is 2. The van der Waals surface area contributed by atoms with Gasteiger partial charge in [0.1, 0.15) is 11.0 Å². The van der Waals surface area contributed by atoms with E-state index in [1.807, 2.05) is 12.2 Å². The molecule has 4 N–H and O–H groups in total. The van der Waals surface area contributed by atoms with E-state index in [1.165, 1.54) is 0 Å². The van der Waals surface area contributed by atoms with Gasteiger partial charge in [-0.05, 0) is 34.9 Å². The molecule has 1 amide bonds. The van der Waals surface area contributed by atoms with Crippen LogP contribution >= 0.6 is 0 Å². The van der Waals surface area contributed by atoms with Gasteiger partial charge in [-0.1, -0.05) is 12.2 Å². The predicted octanol–water partition coefficient (Wildman–Crippen LogP) is 1.70. The Labute approximate surface area is 138 Å². The molecule has 0 saturated carbocycles. The van der Waals surface area contributed by atoms with Crippen LogP contribution in [0.4, 0.5) is 18.9 Å². The minimum absolute atomic E-state index is 0.0250. The number of aliphatic carboxylic acids is 1. The molecule has 0 radical (unpaired) electrons. The lowest BCUT2D eigenvalue weighted by atomic mass is 10.1. The highest BCUT2D eigenvalue weighted by Gasteiger charge is 2.38. The van der Waals surface area contributed by atoms with Gasteiger partial charge in [0.05, 0.1) is 5.92 Å². The van der Waals surface area contributed by atoms with E-state index in [9.17, 15) is 18.0 Å². The molecule has 11 heteroatoms. The van der Waals surface area contributed by atoms with Crippen molar-refractivity contribution in [3.05, 3.63) is 30.4 Å². The van der Waals surface area contributed by atoms with E-state index < -0.39 is 12.1 Å². The molecule has 1 aliphatic carbocycles. The molecule has 0 aliphatic heterocycles. The van der Waals surface area contributed by atoms with Crippen LogP contribution in [-0.4, -0.2) is 39.5 Å². The second-order valence-corrected chi connectivity index (χ2v) is 5.15. The van der Waals surface area contributed by atoms with Crippen molar-refractivity contribution >= 4 is 28.6 Å². The first kappa shape index (κ1) is 18.4. The first-order valence-corrected chi connectivity index (χ1v) is 6.94. The summed E-state index contributed by atoms with van der Waals surface area (Å²) >= 11 is 0. The van der Waals surface area contributed by atoms with Crippen molar-refractivity contribution < 1.29 is 32.5 Å². The van der Waals surface area contributed by atoms with E-state index in [2.05, 4.69) is 20.3 Å². The van der Waals surface area contributed by atoms with E-state index in [-0.39, 0.29) is 17.9 Å². The molecule has 1 heterocycles. The maximum absolute atomic E-state index is 12.0. The Bertz CT molecular complexity index is 803. The van der Waals surface area contributed by atoms with Crippen LogP contribution in [0.15, 0.2) is 35.0 Å². The molecule has 1 aliphatic rings. The fraction of sp³-hybridized carbons (Fsp3) is 0.286. The average Bonchev–Trinajstić information content (AvgIpc) is 3.15. The van der Waals surface area contributed by atoms with E-state index in [1.54, 1.807) is 18.2 Å². The molecule has 1 aromatic heterocycles. The number of rotatable bonds is 2. The summed E-state index contributed by atoms with van der Waals surface area (Å²) in [5.74, 6) is -2.98. The summed E-state index contributed by atoms with van der Waals surface area (Å²) < 4.78 is 36.3. The molecule has 3 rings (SSSR count). The van der Waals surface area contributed by atoms with Crippen molar-refractivity contribution in [1.29, 1.82) is 0 Å². The Morgan fingerprint density at radius 2 is 1.88 bits per heavy atom. The van der Waals surface area contributed by atoms with Gasteiger partial charge in [-0.3, -0.25) is 4.79 Å². The predicted molar refractivity (Wildman–Crippen MR) is 79.3 cm³/mol. The van der Waals surface area contributed by atoms with Crippen LogP contribution in [-0.2, 0) is 9.59 Å². The lowest BCUT2D eigenvalue weighted by Gasteiger charge is -2.10. The Hall–Kier alpha value is -2.95. The molecule has 134 valence electrons. The molecule has 1 aromatic carbocycles. The zero-order valence-electron chi connectivity index (χ0n) is 12.5. The second kappa shape index (κ2) is 7.30. The van der Waals surface area contributed by atoms with Gasteiger partial charge in [0, 0.05) is 11.7 Å². The first-order valence-electron chi connectivity index (χ1n) is 6.94. The van der Waals surface area contributed by atoms with Gasteiger partial charge in [-0.25, -0.2) is 9.42 Å². The average molecular weight is 358 g/mol. The molecule has 0 spiro atoms. The van der Waals surface area contributed by atoms with Gasteiger partial charge in [-0.2, -0.15) is 13.2 Å². The number of nitrogens with zero attached hydrogens (tertiary/aromatic N) is 2. The number of halogens is 3.